The lowest BCUT2D eigenvalue weighted by atomic mass is 10.2. The van der Waals surface area contributed by atoms with E-state index in [1.165, 1.54) is 11.4 Å². The van der Waals surface area contributed by atoms with E-state index in [-0.39, 0.29) is 24.4 Å². The van der Waals surface area contributed by atoms with Crippen molar-refractivity contribution in [1.82, 2.24) is 5.32 Å². The van der Waals surface area contributed by atoms with Crippen LogP contribution in [-0.4, -0.2) is 40.4 Å². The Morgan fingerprint density at radius 3 is 2.31 bits per heavy atom. The van der Waals surface area contributed by atoms with Gasteiger partial charge in [0.25, 0.3) is 10.0 Å². The lowest BCUT2D eigenvalue weighted by molar-refractivity contribution is -0.124. The summed E-state index contributed by atoms with van der Waals surface area (Å²) in [5.41, 5.74) is 6.97. The van der Waals surface area contributed by atoms with Crippen molar-refractivity contribution in [3.63, 3.8) is 0 Å². The van der Waals surface area contributed by atoms with Crippen molar-refractivity contribution in [1.29, 1.82) is 0 Å². The predicted octanol–water partition coefficient (Wildman–Crippen LogP) is 1.50. The average molecular weight is 420 g/mol. The third-order valence-electron chi connectivity index (χ3n) is 4.26. The minimum atomic E-state index is -3.93. The molecule has 2 amide bonds. The molecule has 9 heteroatoms. The molecule has 0 fully saturated rings. The van der Waals surface area contributed by atoms with Gasteiger partial charge in [-0.25, -0.2) is 8.42 Å². The molecule has 3 N–H and O–H groups in total. The van der Waals surface area contributed by atoms with Gasteiger partial charge in [-0.2, -0.15) is 0 Å². The van der Waals surface area contributed by atoms with Crippen molar-refractivity contribution in [3.8, 4) is 5.75 Å². The number of nitrogens with one attached hydrogen (secondary N) is 1. The first kappa shape index (κ1) is 22.2. The summed E-state index contributed by atoms with van der Waals surface area (Å²) in [7, 11) is -2.41. The van der Waals surface area contributed by atoms with Gasteiger partial charge in [0.1, 0.15) is 5.75 Å². The van der Waals surface area contributed by atoms with Gasteiger partial charge in [-0.3, -0.25) is 13.9 Å². The van der Waals surface area contributed by atoms with Crippen molar-refractivity contribution in [2.24, 2.45) is 5.73 Å². The number of aryl methyl sites for hydroxylation is 2. The van der Waals surface area contributed by atoms with E-state index >= 15 is 0 Å². The van der Waals surface area contributed by atoms with E-state index in [0.717, 1.165) is 5.56 Å². The number of amides is 2. The maximum atomic E-state index is 13.4. The SMILES string of the molecule is COc1ccc(N(CCC(=O)NCC(N)=O)S(=O)(=O)c2ccc(C)cc2C)cc1. The first-order valence-electron chi connectivity index (χ1n) is 8.94. The fraction of sp³-hybridized carbons (Fsp3) is 0.300. The normalized spacial score (nSPS) is 11.0. The minimum absolute atomic E-state index is 0.105. The molecule has 0 aliphatic carbocycles. The lowest BCUT2D eigenvalue weighted by Gasteiger charge is -2.25. The molecule has 0 aliphatic heterocycles. The summed E-state index contributed by atoms with van der Waals surface area (Å²) in [6, 6.07) is 11.6. The zero-order valence-corrected chi connectivity index (χ0v) is 17.5. The van der Waals surface area contributed by atoms with E-state index in [1.807, 2.05) is 6.92 Å². The summed E-state index contributed by atoms with van der Waals surface area (Å²) in [6.07, 6.45) is -0.135. The van der Waals surface area contributed by atoms with Gasteiger partial charge in [-0.05, 0) is 49.7 Å². The second-order valence-corrected chi connectivity index (χ2v) is 8.37. The Bertz CT molecular complexity index is 988. The van der Waals surface area contributed by atoms with Crippen LogP contribution in [0.5, 0.6) is 5.75 Å². The fourth-order valence-corrected chi connectivity index (χ4v) is 4.50. The summed E-state index contributed by atoms with van der Waals surface area (Å²) < 4.78 is 33.1. The van der Waals surface area contributed by atoms with Crippen molar-refractivity contribution < 1.29 is 22.7 Å². The number of ether oxygens (including phenoxy) is 1. The number of nitrogens with two attached hydrogens (primary N) is 1. The molecule has 0 aliphatic rings. The highest BCUT2D eigenvalue weighted by Gasteiger charge is 2.27. The maximum Gasteiger partial charge on any atom is 0.264 e. The second kappa shape index (κ2) is 9.42. The molecule has 0 heterocycles. The number of rotatable bonds is 9. The average Bonchev–Trinajstić information content (AvgIpc) is 2.66. The topological polar surface area (TPSA) is 119 Å². The van der Waals surface area contributed by atoms with Crippen LogP contribution in [0, 0.1) is 13.8 Å². The molecule has 0 saturated heterocycles. The van der Waals surface area contributed by atoms with E-state index < -0.39 is 21.8 Å². The van der Waals surface area contributed by atoms with Crippen LogP contribution in [0.25, 0.3) is 0 Å². The summed E-state index contributed by atoms with van der Waals surface area (Å²) in [4.78, 5) is 23.0. The Morgan fingerprint density at radius 1 is 1.10 bits per heavy atom. The van der Waals surface area contributed by atoms with Crippen LogP contribution in [0.15, 0.2) is 47.4 Å². The molecule has 0 saturated carbocycles. The minimum Gasteiger partial charge on any atom is -0.497 e. The third kappa shape index (κ3) is 5.71. The molecule has 0 spiro atoms. The Kier molecular flexibility index (Phi) is 7.22. The number of methoxy groups -OCH3 is 1. The summed E-state index contributed by atoms with van der Waals surface area (Å²) >= 11 is 0. The van der Waals surface area contributed by atoms with Crippen LogP contribution < -0.4 is 20.1 Å². The van der Waals surface area contributed by atoms with Gasteiger partial charge in [0.05, 0.1) is 24.2 Å². The van der Waals surface area contributed by atoms with Gasteiger partial charge in [0.15, 0.2) is 0 Å². The number of carbonyl (C=O) groups excluding carboxylic acids is 2. The molecular formula is C20H25N3O5S. The Balaban J connectivity index is 2.37. The molecule has 29 heavy (non-hydrogen) atoms. The number of benzene rings is 2. The number of hydrogen-bond acceptors (Lipinski definition) is 5. The molecule has 2 rings (SSSR count). The third-order valence-corrected chi connectivity index (χ3v) is 6.25. The Morgan fingerprint density at radius 2 is 1.76 bits per heavy atom. The Labute approximate surface area is 170 Å². The van der Waals surface area contributed by atoms with Crippen molar-refractivity contribution >= 4 is 27.5 Å². The van der Waals surface area contributed by atoms with E-state index in [9.17, 15) is 18.0 Å². The quantitative estimate of drug-likeness (QED) is 0.638. The van der Waals surface area contributed by atoms with Gasteiger partial charge >= 0.3 is 0 Å². The molecule has 8 nitrogen and oxygen atoms in total. The molecule has 0 bridgehead atoms. The molecule has 0 unspecified atom stereocenters. The number of hydrogen-bond donors (Lipinski definition) is 2. The van der Waals surface area contributed by atoms with Gasteiger partial charge in [0, 0.05) is 13.0 Å². The highest BCUT2D eigenvalue weighted by Crippen LogP contribution is 2.28. The summed E-state index contributed by atoms with van der Waals surface area (Å²) in [6.45, 7) is 3.21. The van der Waals surface area contributed by atoms with Crippen molar-refractivity contribution in [3.05, 3.63) is 53.6 Å². The molecule has 0 atom stereocenters. The number of anilines is 1. The van der Waals surface area contributed by atoms with Crippen LogP contribution >= 0.6 is 0 Å². The van der Waals surface area contributed by atoms with Crippen LogP contribution in [0.4, 0.5) is 5.69 Å². The van der Waals surface area contributed by atoms with E-state index in [0.29, 0.717) is 17.0 Å². The molecule has 2 aromatic rings. The van der Waals surface area contributed by atoms with E-state index in [4.69, 9.17) is 10.5 Å². The van der Waals surface area contributed by atoms with E-state index in [1.54, 1.807) is 49.4 Å². The monoisotopic (exact) mass is 419 g/mol. The second-order valence-electron chi connectivity index (χ2n) is 6.54. The fourth-order valence-electron chi connectivity index (χ4n) is 2.82. The number of nitrogens with zero attached hydrogens (tertiary/aromatic N) is 1. The predicted molar refractivity (Wildman–Crippen MR) is 110 cm³/mol. The summed E-state index contributed by atoms with van der Waals surface area (Å²) in [5, 5.41) is 2.36. The molecule has 156 valence electrons. The molecule has 0 radical (unpaired) electrons. The van der Waals surface area contributed by atoms with Gasteiger partial charge in [0.2, 0.25) is 11.8 Å². The van der Waals surface area contributed by atoms with Crippen molar-refractivity contribution in [2.75, 3.05) is 24.5 Å². The number of primary amides is 1. The van der Waals surface area contributed by atoms with Gasteiger partial charge < -0.3 is 15.8 Å². The van der Waals surface area contributed by atoms with Crippen molar-refractivity contribution in [2.45, 2.75) is 25.2 Å². The van der Waals surface area contributed by atoms with Crippen LogP contribution in [0.2, 0.25) is 0 Å². The Hall–Kier alpha value is -3.07. The first-order valence-corrected chi connectivity index (χ1v) is 10.4. The van der Waals surface area contributed by atoms with Gasteiger partial charge in [-0.1, -0.05) is 17.7 Å². The highest BCUT2D eigenvalue weighted by molar-refractivity contribution is 7.92. The van der Waals surface area contributed by atoms with Crippen LogP contribution in [-0.2, 0) is 19.6 Å². The van der Waals surface area contributed by atoms with Crippen LogP contribution in [0.3, 0.4) is 0 Å². The maximum absolute atomic E-state index is 13.4. The number of sulfonamides is 1. The first-order chi connectivity index (χ1) is 13.6. The van der Waals surface area contributed by atoms with Gasteiger partial charge in [-0.15, -0.1) is 0 Å². The standard InChI is InChI=1S/C20H25N3O5S/c1-14-4-9-18(15(2)12-14)29(26,27)23(11-10-20(25)22-13-19(21)24)16-5-7-17(28-3)8-6-16/h4-9,12H,10-11,13H2,1-3H3,(H2,21,24)(H,22,25). The number of carbonyl (C=O) groups is 2. The summed E-state index contributed by atoms with van der Waals surface area (Å²) in [5.74, 6) is -0.566. The highest BCUT2D eigenvalue weighted by atomic mass is 32.2. The zero-order chi connectivity index (χ0) is 21.6. The molecule has 2 aromatic carbocycles. The van der Waals surface area contributed by atoms with E-state index in [2.05, 4.69) is 5.32 Å². The molecule has 0 aromatic heterocycles. The zero-order valence-electron chi connectivity index (χ0n) is 16.6. The molecular weight excluding hydrogens is 394 g/mol. The van der Waals surface area contributed by atoms with Crippen LogP contribution in [0.1, 0.15) is 17.5 Å². The lowest BCUT2D eigenvalue weighted by Crippen LogP contribution is -2.38. The largest absolute Gasteiger partial charge is 0.497 e. The smallest absolute Gasteiger partial charge is 0.264 e.